The molecule has 0 radical (unpaired) electrons. The van der Waals surface area contributed by atoms with Gasteiger partial charge in [-0.1, -0.05) is 32.9 Å². The van der Waals surface area contributed by atoms with Crippen molar-refractivity contribution in [2.45, 2.75) is 60.5 Å². The highest BCUT2D eigenvalue weighted by molar-refractivity contribution is 6.07. The summed E-state index contributed by atoms with van der Waals surface area (Å²) in [6, 6.07) is 0. The van der Waals surface area contributed by atoms with Gasteiger partial charge in [0.25, 0.3) is 0 Å². The normalized spacial score (nSPS) is 32.2. The first kappa shape index (κ1) is 16.7. The number of fused-ring (bicyclic) bond motifs is 1. The van der Waals surface area contributed by atoms with Gasteiger partial charge in [0.15, 0.2) is 5.78 Å². The summed E-state index contributed by atoms with van der Waals surface area (Å²) in [6.45, 7) is 13.7. The van der Waals surface area contributed by atoms with Crippen LogP contribution >= 0.6 is 0 Å². The molecule has 2 aliphatic rings. The van der Waals surface area contributed by atoms with E-state index in [0.29, 0.717) is 12.0 Å². The summed E-state index contributed by atoms with van der Waals surface area (Å²) in [4.78, 5) is 24.9. The monoisotopic (exact) mass is 302 g/mol. The smallest absolute Gasteiger partial charge is 0.335 e. The molecule has 0 saturated carbocycles. The quantitative estimate of drug-likeness (QED) is 0.631. The molecule has 1 aliphatic carbocycles. The highest BCUT2D eigenvalue weighted by Crippen LogP contribution is 2.48. The average molecular weight is 302 g/mol. The van der Waals surface area contributed by atoms with Crippen LogP contribution in [0.5, 0.6) is 0 Å². The summed E-state index contributed by atoms with van der Waals surface area (Å²) in [7, 11) is 0. The van der Waals surface area contributed by atoms with Crippen LogP contribution in [0.15, 0.2) is 34.4 Å². The Labute approximate surface area is 133 Å². The molecule has 1 aliphatic heterocycles. The zero-order chi connectivity index (χ0) is 16.9. The van der Waals surface area contributed by atoms with Crippen LogP contribution in [0.2, 0.25) is 0 Å². The Bertz CT molecular complexity index is 631. The Kier molecular flexibility index (Phi) is 3.97. The summed E-state index contributed by atoms with van der Waals surface area (Å²) in [5, 5.41) is 0. The van der Waals surface area contributed by atoms with Crippen LogP contribution < -0.4 is 0 Å². The van der Waals surface area contributed by atoms with Gasteiger partial charge in [0.1, 0.15) is 5.60 Å². The second-order valence-corrected chi connectivity index (χ2v) is 7.36. The number of hydrogen-bond acceptors (Lipinski definition) is 3. The van der Waals surface area contributed by atoms with Crippen molar-refractivity contribution < 1.29 is 14.3 Å². The van der Waals surface area contributed by atoms with E-state index in [2.05, 4.69) is 0 Å². The van der Waals surface area contributed by atoms with Crippen molar-refractivity contribution in [3.8, 4) is 0 Å². The summed E-state index contributed by atoms with van der Waals surface area (Å²) in [6.07, 6.45) is 4.55. The Morgan fingerprint density at radius 3 is 2.27 bits per heavy atom. The minimum Gasteiger partial charge on any atom is -0.451 e. The summed E-state index contributed by atoms with van der Waals surface area (Å²) >= 11 is 0. The van der Waals surface area contributed by atoms with Gasteiger partial charge in [0, 0.05) is 11.0 Å². The molecule has 0 spiro atoms. The van der Waals surface area contributed by atoms with E-state index in [0.717, 1.165) is 16.7 Å². The van der Waals surface area contributed by atoms with Crippen molar-refractivity contribution in [3.63, 3.8) is 0 Å². The van der Waals surface area contributed by atoms with Crippen LogP contribution in [0.25, 0.3) is 0 Å². The fourth-order valence-corrected chi connectivity index (χ4v) is 3.53. The molecule has 0 saturated heterocycles. The zero-order valence-electron chi connectivity index (χ0n) is 14.7. The van der Waals surface area contributed by atoms with Crippen molar-refractivity contribution in [1.82, 2.24) is 0 Å². The third-order valence-corrected chi connectivity index (χ3v) is 5.43. The van der Waals surface area contributed by atoms with Gasteiger partial charge in [-0.25, -0.2) is 4.79 Å². The van der Waals surface area contributed by atoms with E-state index >= 15 is 0 Å². The first-order chi connectivity index (χ1) is 10.0. The highest BCUT2D eigenvalue weighted by Gasteiger charge is 2.51. The molecule has 2 rings (SSSR count). The molecular formula is C19H26O3. The molecule has 2 atom stereocenters. The minimum atomic E-state index is -0.715. The third kappa shape index (κ3) is 2.37. The predicted molar refractivity (Wildman–Crippen MR) is 87.3 cm³/mol. The van der Waals surface area contributed by atoms with E-state index in [4.69, 9.17) is 4.74 Å². The topological polar surface area (TPSA) is 43.4 Å². The van der Waals surface area contributed by atoms with Crippen LogP contribution in [-0.4, -0.2) is 17.4 Å². The maximum absolute atomic E-state index is 12.5. The summed E-state index contributed by atoms with van der Waals surface area (Å²) < 4.78 is 5.80. The number of carbonyl (C=O) groups excluding carboxylic acids is 2. The van der Waals surface area contributed by atoms with Crippen molar-refractivity contribution in [2.24, 2.45) is 11.3 Å². The van der Waals surface area contributed by atoms with Gasteiger partial charge < -0.3 is 4.74 Å². The van der Waals surface area contributed by atoms with Crippen LogP contribution in [0.3, 0.4) is 0 Å². The van der Waals surface area contributed by atoms with Crippen LogP contribution in [0.1, 0.15) is 54.9 Å². The second kappa shape index (κ2) is 5.22. The fraction of sp³-hybridized carbons (Fsp3) is 0.579. The molecule has 3 heteroatoms. The lowest BCUT2D eigenvalue weighted by atomic mass is 9.70. The molecule has 0 N–H and O–H groups in total. The Morgan fingerprint density at radius 1 is 1.09 bits per heavy atom. The fourth-order valence-electron chi connectivity index (χ4n) is 3.53. The van der Waals surface area contributed by atoms with E-state index in [-0.39, 0.29) is 17.7 Å². The van der Waals surface area contributed by atoms with Gasteiger partial charge >= 0.3 is 5.97 Å². The number of carbonyl (C=O) groups is 2. The van der Waals surface area contributed by atoms with Crippen molar-refractivity contribution in [1.29, 1.82) is 0 Å². The molecule has 0 aromatic carbocycles. The SMILES string of the molecule is CC1=CCC(C)C2=C(C)C(C)(OC2=O)C(C)(C)C=C(C)C1=O. The van der Waals surface area contributed by atoms with E-state index in [9.17, 15) is 9.59 Å². The first-order valence-corrected chi connectivity index (χ1v) is 7.87. The second-order valence-electron chi connectivity index (χ2n) is 7.36. The average Bonchev–Trinajstić information content (AvgIpc) is 2.65. The summed E-state index contributed by atoms with van der Waals surface area (Å²) in [5.74, 6) is -0.105. The Hall–Kier alpha value is -1.64. The maximum atomic E-state index is 12.5. The molecule has 120 valence electrons. The molecule has 2 unspecified atom stereocenters. The molecule has 3 nitrogen and oxygen atoms in total. The number of ketones is 1. The van der Waals surface area contributed by atoms with E-state index in [1.807, 2.05) is 60.6 Å². The van der Waals surface area contributed by atoms with Gasteiger partial charge in [0.2, 0.25) is 0 Å². The molecule has 1 heterocycles. The van der Waals surface area contributed by atoms with E-state index in [1.54, 1.807) is 0 Å². The van der Waals surface area contributed by atoms with Gasteiger partial charge in [-0.05, 0) is 56.8 Å². The molecule has 0 fully saturated rings. The molecule has 0 aromatic rings. The lowest BCUT2D eigenvalue weighted by Gasteiger charge is -2.39. The van der Waals surface area contributed by atoms with Gasteiger partial charge in [-0.3, -0.25) is 4.79 Å². The van der Waals surface area contributed by atoms with Crippen LogP contribution in [0, 0.1) is 11.3 Å². The third-order valence-electron chi connectivity index (χ3n) is 5.43. The van der Waals surface area contributed by atoms with Crippen LogP contribution in [-0.2, 0) is 14.3 Å². The minimum absolute atomic E-state index is 0.0475. The standard InChI is InChI=1S/C19H26O3/c1-11-8-9-12(2)16(20)13(3)10-18(5,6)19(7)14(4)15(11)17(21)22-19/h9-11H,8H2,1-7H3. The van der Waals surface area contributed by atoms with Gasteiger partial charge in [-0.2, -0.15) is 0 Å². The zero-order valence-corrected chi connectivity index (χ0v) is 14.7. The van der Waals surface area contributed by atoms with Gasteiger partial charge in [-0.15, -0.1) is 0 Å². The van der Waals surface area contributed by atoms with Crippen molar-refractivity contribution in [3.05, 3.63) is 34.4 Å². The lowest BCUT2D eigenvalue weighted by molar-refractivity contribution is -0.152. The maximum Gasteiger partial charge on any atom is 0.335 e. The number of esters is 1. The predicted octanol–water partition coefficient (Wildman–Crippen LogP) is 4.15. The summed E-state index contributed by atoms with van der Waals surface area (Å²) in [5.41, 5.74) is 2.02. The number of ether oxygens (including phenoxy) is 1. The number of hydrogen-bond donors (Lipinski definition) is 0. The Morgan fingerprint density at radius 2 is 1.68 bits per heavy atom. The number of rotatable bonds is 0. The first-order valence-electron chi connectivity index (χ1n) is 7.87. The number of allylic oxidation sites excluding steroid dienone is 3. The number of Topliss-reactive ketones (excluding diaryl/α,β-unsaturated/α-hetero) is 1. The molecular weight excluding hydrogens is 276 g/mol. The lowest BCUT2D eigenvalue weighted by Crippen LogP contribution is -2.42. The van der Waals surface area contributed by atoms with E-state index < -0.39 is 11.0 Å². The molecule has 0 amide bonds. The van der Waals surface area contributed by atoms with E-state index in [1.165, 1.54) is 0 Å². The molecule has 22 heavy (non-hydrogen) atoms. The van der Waals surface area contributed by atoms with Crippen molar-refractivity contribution >= 4 is 11.8 Å². The van der Waals surface area contributed by atoms with Gasteiger partial charge in [0.05, 0.1) is 0 Å². The molecule has 0 aromatic heterocycles. The Balaban J connectivity index is 2.70. The largest absolute Gasteiger partial charge is 0.451 e. The van der Waals surface area contributed by atoms with Crippen molar-refractivity contribution in [2.75, 3.05) is 0 Å². The molecule has 2 bridgehead atoms. The highest BCUT2D eigenvalue weighted by atomic mass is 16.6. The van der Waals surface area contributed by atoms with Crippen LogP contribution in [0.4, 0.5) is 0 Å².